The van der Waals surface area contributed by atoms with Gasteiger partial charge in [-0.1, -0.05) is 103 Å². The van der Waals surface area contributed by atoms with Crippen LogP contribution in [-0.4, -0.2) is 4.57 Å². The first-order chi connectivity index (χ1) is 19.3. The minimum Gasteiger partial charge on any atom is -0.456 e. The van der Waals surface area contributed by atoms with Crippen LogP contribution in [0.5, 0.6) is 0 Å². The molecule has 0 amide bonds. The third kappa shape index (κ3) is 3.49. The van der Waals surface area contributed by atoms with E-state index < -0.39 is 0 Å². The molecule has 6 aromatic carbocycles. The first kappa shape index (κ1) is 22.0. The van der Waals surface area contributed by atoms with E-state index in [0.717, 1.165) is 28.4 Å². The zero-order chi connectivity index (χ0) is 25.8. The summed E-state index contributed by atoms with van der Waals surface area (Å²) in [6, 6.07) is 49.8. The fourth-order valence-corrected chi connectivity index (χ4v) is 6.12. The number of benzene rings is 6. The van der Waals surface area contributed by atoms with Crippen molar-refractivity contribution in [2.45, 2.75) is 6.42 Å². The number of hydrogen-bond acceptors (Lipinski definition) is 1. The molecule has 0 saturated heterocycles. The van der Waals surface area contributed by atoms with Gasteiger partial charge in [-0.05, 0) is 58.7 Å². The number of aromatic nitrogens is 1. The summed E-state index contributed by atoms with van der Waals surface area (Å²) in [4.78, 5) is 0. The second-order valence-electron chi connectivity index (χ2n) is 10.1. The lowest BCUT2D eigenvalue weighted by molar-refractivity contribution is 0.669. The molecule has 2 heterocycles. The van der Waals surface area contributed by atoms with Crippen LogP contribution in [0, 0.1) is 0 Å². The van der Waals surface area contributed by atoms with Gasteiger partial charge in [0.1, 0.15) is 11.2 Å². The summed E-state index contributed by atoms with van der Waals surface area (Å²) >= 11 is 0. The van der Waals surface area contributed by atoms with Gasteiger partial charge in [0, 0.05) is 33.7 Å². The SMILES string of the molecule is c1ccc(-c2ccc3oc4ccccc4c3c2)c(Cc2ccccc2-n2c3ccccc3c3ccccc32)c1. The molecule has 0 bridgehead atoms. The highest BCUT2D eigenvalue weighted by Gasteiger charge is 2.16. The quantitative estimate of drug-likeness (QED) is 0.236. The van der Waals surface area contributed by atoms with E-state index in [-0.39, 0.29) is 0 Å². The van der Waals surface area contributed by atoms with Crippen LogP contribution in [0.3, 0.4) is 0 Å². The average molecular weight is 500 g/mol. The van der Waals surface area contributed by atoms with Crippen LogP contribution in [0.4, 0.5) is 0 Å². The van der Waals surface area contributed by atoms with Crippen LogP contribution >= 0.6 is 0 Å². The van der Waals surface area contributed by atoms with Crippen LogP contribution < -0.4 is 0 Å². The third-order valence-electron chi connectivity index (χ3n) is 7.90. The minimum absolute atomic E-state index is 0.831. The number of rotatable bonds is 4. The van der Waals surface area contributed by atoms with Gasteiger partial charge in [0.25, 0.3) is 0 Å². The molecule has 0 spiro atoms. The molecule has 0 aliphatic carbocycles. The van der Waals surface area contributed by atoms with Crippen molar-refractivity contribution < 1.29 is 4.42 Å². The van der Waals surface area contributed by atoms with E-state index in [4.69, 9.17) is 4.42 Å². The molecule has 0 N–H and O–H groups in total. The molecule has 0 aliphatic heterocycles. The molecule has 8 rings (SSSR count). The molecule has 2 nitrogen and oxygen atoms in total. The van der Waals surface area contributed by atoms with E-state index in [1.54, 1.807) is 0 Å². The summed E-state index contributed by atoms with van der Waals surface area (Å²) < 4.78 is 8.52. The Morgan fingerprint density at radius 2 is 1.05 bits per heavy atom. The Bertz CT molecular complexity index is 2110. The summed E-state index contributed by atoms with van der Waals surface area (Å²) in [5.74, 6) is 0. The fraction of sp³-hybridized carbons (Fsp3) is 0.0270. The van der Waals surface area contributed by atoms with Gasteiger partial charge in [0.2, 0.25) is 0 Å². The van der Waals surface area contributed by atoms with E-state index in [0.29, 0.717) is 0 Å². The second-order valence-corrected chi connectivity index (χ2v) is 10.1. The highest BCUT2D eigenvalue weighted by Crippen LogP contribution is 2.36. The van der Waals surface area contributed by atoms with E-state index in [9.17, 15) is 0 Å². The minimum atomic E-state index is 0.831. The van der Waals surface area contributed by atoms with Gasteiger partial charge in [0.05, 0.1) is 11.0 Å². The molecular weight excluding hydrogens is 474 g/mol. The van der Waals surface area contributed by atoms with Gasteiger partial charge in [-0.3, -0.25) is 0 Å². The second kappa shape index (κ2) is 8.75. The Balaban J connectivity index is 1.28. The Morgan fingerprint density at radius 3 is 1.85 bits per heavy atom. The van der Waals surface area contributed by atoms with Crippen molar-refractivity contribution in [1.29, 1.82) is 0 Å². The topological polar surface area (TPSA) is 18.1 Å². The lowest BCUT2D eigenvalue weighted by Crippen LogP contribution is -2.01. The Kier molecular flexibility index (Phi) is 4.92. The first-order valence-electron chi connectivity index (χ1n) is 13.4. The third-order valence-corrected chi connectivity index (χ3v) is 7.90. The Hall–Kier alpha value is -5.08. The van der Waals surface area contributed by atoms with Crippen LogP contribution in [0.25, 0.3) is 60.6 Å². The molecule has 0 fully saturated rings. The van der Waals surface area contributed by atoms with Crippen molar-refractivity contribution in [2.24, 2.45) is 0 Å². The maximum absolute atomic E-state index is 6.09. The Labute approximate surface area is 226 Å². The number of hydrogen-bond donors (Lipinski definition) is 0. The lowest BCUT2D eigenvalue weighted by atomic mass is 9.93. The van der Waals surface area contributed by atoms with E-state index in [1.807, 2.05) is 12.1 Å². The molecule has 0 radical (unpaired) electrons. The average Bonchev–Trinajstić information content (AvgIpc) is 3.53. The molecule has 0 saturated carbocycles. The highest BCUT2D eigenvalue weighted by atomic mass is 16.3. The fourth-order valence-electron chi connectivity index (χ4n) is 6.12. The number of furan rings is 1. The van der Waals surface area contributed by atoms with Crippen molar-refractivity contribution in [3.05, 3.63) is 151 Å². The predicted octanol–water partition coefficient (Wildman–Crippen LogP) is 9.94. The highest BCUT2D eigenvalue weighted by molar-refractivity contribution is 6.09. The molecular formula is C37H25NO. The maximum atomic E-state index is 6.09. The van der Waals surface area contributed by atoms with Crippen LogP contribution in [0.1, 0.15) is 11.1 Å². The van der Waals surface area contributed by atoms with Crippen LogP contribution in [-0.2, 0) is 6.42 Å². The first-order valence-corrected chi connectivity index (χ1v) is 13.4. The number of para-hydroxylation sites is 4. The molecule has 0 atom stereocenters. The molecule has 0 aliphatic rings. The van der Waals surface area contributed by atoms with Crippen molar-refractivity contribution >= 4 is 43.7 Å². The van der Waals surface area contributed by atoms with E-state index in [1.165, 1.54) is 49.7 Å². The van der Waals surface area contributed by atoms with Gasteiger partial charge in [-0.25, -0.2) is 0 Å². The van der Waals surface area contributed by atoms with Crippen molar-refractivity contribution in [2.75, 3.05) is 0 Å². The molecule has 8 aromatic rings. The largest absolute Gasteiger partial charge is 0.456 e. The van der Waals surface area contributed by atoms with E-state index >= 15 is 0 Å². The molecule has 0 unspecified atom stereocenters. The normalized spacial score (nSPS) is 11.7. The van der Waals surface area contributed by atoms with Crippen LogP contribution in [0.15, 0.2) is 144 Å². The maximum Gasteiger partial charge on any atom is 0.135 e. The zero-order valence-corrected chi connectivity index (χ0v) is 21.3. The molecule has 2 aromatic heterocycles. The zero-order valence-electron chi connectivity index (χ0n) is 21.3. The van der Waals surface area contributed by atoms with Crippen molar-refractivity contribution in [3.8, 4) is 16.8 Å². The van der Waals surface area contributed by atoms with Gasteiger partial charge < -0.3 is 8.98 Å². The molecule has 184 valence electrons. The van der Waals surface area contributed by atoms with Crippen LogP contribution in [0.2, 0.25) is 0 Å². The summed E-state index contributed by atoms with van der Waals surface area (Å²) in [5.41, 5.74) is 10.6. The standard InChI is InChI=1S/C37H25NO/c1-3-13-28(26-21-22-37-32(24-26)31-16-6-10-20-36(31)39-37)25(11-1)23-27-12-2-7-17-33(27)38-34-18-8-4-14-29(34)30-15-5-9-19-35(30)38/h1-22,24H,23H2. The number of nitrogens with zero attached hydrogens (tertiary/aromatic N) is 1. The summed E-state index contributed by atoms with van der Waals surface area (Å²) in [5, 5.41) is 4.88. The smallest absolute Gasteiger partial charge is 0.135 e. The predicted molar refractivity (Wildman–Crippen MR) is 163 cm³/mol. The van der Waals surface area contributed by atoms with Gasteiger partial charge >= 0.3 is 0 Å². The molecule has 2 heteroatoms. The molecule has 39 heavy (non-hydrogen) atoms. The summed E-state index contributed by atoms with van der Waals surface area (Å²) in [6.45, 7) is 0. The lowest BCUT2D eigenvalue weighted by Gasteiger charge is -2.16. The monoisotopic (exact) mass is 499 g/mol. The summed E-state index contributed by atoms with van der Waals surface area (Å²) in [6.07, 6.45) is 0.831. The summed E-state index contributed by atoms with van der Waals surface area (Å²) in [7, 11) is 0. The number of fused-ring (bicyclic) bond motifs is 6. The van der Waals surface area contributed by atoms with Gasteiger partial charge in [0.15, 0.2) is 0 Å². The van der Waals surface area contributed by atoms with E-state index in [2.05, 4.69) is 132 Å². The Morgan fingerprint density at radius 1 is 0.462 bits per heavy atom. The van der Waals surface area contributed by atoms with Gasteiger partial charge in [-0.2, -0.15) is 0 Å². The van der Waals surface area contributed by atoms with Crippen molar-refractivity contribution in [3.63, 3.8) is 0 Å². The van der Waals surface area contributed by atoms with Crippen molar-refractivity contribution in [1.82, 2.24) is 4.57 Å². The van der Waals surface area contributed by atoms with Gasteiger partial charge in [-0.15, -0.1) is 0 Å².